The van der Waals surface area contributed by atoms with Crippen LogP contribution in [0.2, 0.25) is 0 Å². The summed E-state index contributed by atoms with van der Waals surface area (Å²) in [7, 11) is 0. The SMILES string of the molecule is Nc1ccc(C(O)C2CCOC2)cc1. The highest BCUT2D eigenvalue weighted by Gasteiger charge is 2.24. The van der Waals surface area contributed by atoms with E-state index in [0.717, 1.165) is 24.3 Å². The molecule has 2 atom stereocenters. The van der Waals surface area contributed by atoms with E-state index in [0.29, 0.717) is 6.61 Å². The number of anilines is 1. The Morgan fingerprint density at radius 2 is 2.07 bits per heavy atom. The summed E-state index contributed by atoms with van der Waals surface area (Å²) in [4.78, 5) is 0. The average molecular weight is 193 g/mol. The minimum Gasteiger partial charge on any atom is -0.399 e. The van der Waals surface area contributed by atoms with E-state index in [9.17, 15) is 5.11 Å². The monoisotopic (exact) mass is 193 g/mol. The molecular formula is C11H15NO2. The quantitative estimate of drug-likeness (QED) is 0.697. The Morgan fingerprint density at radius 1 is 1.36 bits per heavy atom. The highest BCUT2D eigenvalue weighted by molar-refractivity contribution is 5.39. The van der Waals surface area contributed by atoms with Gasteiger partial charge in [-0.1, -0.05) is 12.1 Å². The summed E-state index contributed by atoms with van der Waals surface area (Å²) in [5.41, 5.74) is 7.23. The summed E-state index contributed by atoms with van der Waals surface area (Å²) in [6.45, 7) is 1.42. The maximum Gasteiger partial charge on any atom is 0.0841 e. The van der Waals surface area contributed by atoms with E-state index in [2.05, 4.69) is 0 Å². The van der Waals surface area contributed by atoms with Gasteiger partial charge in [-0.15, -0.1) is 0 Å². The number of aliphatic hydroxyl groups is 1. The average Bonchev–Trinajstić information content (AvgIpc) is 2.71. The Bertz CT molecular complexity index is 291. The Morgan fingerprint density at radius 3 is 2.64 bits per heavy atom. The van der Waals surface area contributed by atoms with Crippen molar-refractivity contribution in [3.8, 4) is 0 Å². The highest BCUT2D eigenvalue weighted by atomic mass is 16.5. The first-order valence-electron chi connectivity index (χ1n) is 4.88. The van der Waals surface area contributed by atoms with E-state index < -0.39 is 6.10 Å². The largest absolute Gasteiger partial charge is 0.399 e. The van der Waals surface area contributed by atoms with Crippen molar-refractivity contribution in [3.63, 3.8) is 0 Å². The van der Waals surface area contributed by atoms with E-state index >= 15 is 0 Å². The zero-order valence-corrected chi connectivity index (χ0v) is 8.02. The van der Waals surface area contributed by atoms with E-state index in [1.165, 1.54) is 0 Å². The van der Waals surface area contributed by atoms with Gasteiger partial charge in [0.05, 0.1) is 12.7 Å². The number of hydrogen-bond acceptors (Lipinski definition) is 3. The summed E-state index contributed by atoms with van der Waals surface area (Å²) in [6.07, 6.45) is 0.518. The van der Waals surface area contributed by atoms with Gasteiger partial charge in [0.25, 0.3) is 0 Å². The van der Waals surface area contributed by atoms with Gasteiger partial charge in [-0.25, -0.2) is 0 Å². The minimum atomic E-state index is -0.418. The molecule has 3 nitrogen and oxygen atoms in total. The van der Waals surface area contributed by atoms with Crippen LogP contribution in [0.4, 0.5) is 5.69 Å². The fourth-order valence-electron chi connectivity index (χ4n) is 1.77. The zero-order valence-electron chi connectivity index (χ0n) is 8.02. The van der Waals surface area contributed by atoms with Gasteiger partial charge in [0.2, 0.25) is 0 Å². The first-order chi connectivity index (χ1) is 6.77. The summed E-state index contributed by atoms with van der Waals surface area (Å²) in [5, 5.41) is 9.99. The third-order valence-corrected chi connectivity index (χ3v) is 2.69. The second-order valence-corrected chi connectivity index (χ2v) is 3.74. The molecule has 1 heterocycles. The maximum absolute atomic E-state index is 9.99. The lowest BCUT2D eigenvalue weighted by Gasteiger charge is -2.16. The lowest BCUT2D eigenvalue weighted by molar-refractivity contribution is 0.0918. The number of hydrogen-bond donors (Lipinski definition) is 2. The number of benzene rings is 1. The molecule has 1 aliphatic heterocycles. The zero-order chi connectivity index (χ0) is 9.97. The summed E-state index contributed by atoms with van der Waals surface area (Å²) < 4.78 is 5.24. The topological polar surface area (TPSA) is 55.5 Å². The standard InChI is InChI=1S/C11H15NO2/c12-10-3-1-8(2-4-10)11(13)9-5-6-14-7-9/h1-4,9,11,13H,5-7,12H2. The molecule has 2 rings (SSSR count). The van der Waals surface area contributed by atoms with Crippen molar-refractivity contribution in [1.82, 2.24) is 0 Å². The molecule has 0 radical (unpaired) electrons. The summed E-state index contributed by atoms with van der Waals surface area (Å²) >= 11 is 0. The molecule has 0 spiro atoms. The Hall–Kier alpha value is -1.06. The molecule has 1 saturated heterocycles. The first-order valence-corrected chi connectivity index (χ1v) is 4.88. The summed E-state index contributed by atoms with van der Waals surface area (Å²) in [6, 6.07) is 7.37. The van der Waals surface area contributed by atoms with Crippen LogP contribution in [-0.4, -0.2) is 18.3 Å². The van der Waals surface area contributed by atoms with Gasteiger partial charge < -0.3 is 15.6 Å². The lowest BCUT2D eigenvalue weighted by atomic mass is 9.95. The van der Waals surface area contributed by atoms with Gasteiger partial charge in [-0.3, -0.25) is 0 Å². The van der Waals surface area contributed by atoms with Gasteiger partial charge in [-0.2, -0.15) is 0 Å². The molecule has 76 valence electrons. The molecule has 2 unspecified atom stereocenters. The Labute approximate surface area is 83.5 Å². The molecule has 0 saturated carbocycles. The number of ether oxygens (including phenoxy) is 1. The van der Waals surface area contributed by atoms with Gasteiger partial charge in [0, 0.05) is 18.2 Å². The van der Waals surface area contributed by atoms with Crippen LogP contribution in [0.1, 0.15) is 18.1 Å². The van der Waals surface area contributed by atoms with E-state index in [-0.39, 0.29) is 5.92 Å². The molecule has 1 fully saturated rings. The molecule has 1 aromatic carbocycles. The second-order valence-electron chi connectivity index (χ2n) is 3.74. The van der Waals surface area contributed by atoms with Crippen LogP contribution in [0.5, 0.6) is 0 Å². The van der Waals surface area contributed by atoms with Crippen molar-refractivity contribution in [2.24, 2.45) is 5.92 Å². The van der Waals surface area contributed by atoms with Crippen molar-refractivity contribution < 1.29 is 9.84 Å². The predicted molar refractivity (Wildman–Crippen MR) is 54.7 cm³/mol. The highest BCUT2D eigenvalue weighted by Crippen LogP contribution is 2.28. The van der Waals surface area contributed by atoms with Crippen LogP contribution in [0, 0.1) is 5.92 Å². The van der Waals surface area contributed by atoms with Crippen LogP contribution in [0.3, 0.4) is 0 Å². The fraction of sp³-hybridized carbons (Fsp3) is 0.455. The first kappa shape index (κ1) is 9.49. The second kappa shape index (κ2) is 3.98. The molecule has 1 aromatic rings. The van der Waals surface area contributed by atoms with Crippen LogP contribution in [-0.2, 0) is 4.74 Å². The number of nitrogen functional groups attached to an aromatic ring is 1. The predicted octanol–water partition coefficient (Wildman–Crippen LogP) is 1.34. The smallest absolute Gasteiger partial charge is 0.0841 e. The van der Waals surface area contributed by atoms with Gasteiger partial charge >= 0.3 is 0 Å². The van der Waals surface area contributed by atoms with Crippen molar-refractivity contribution in [1.29, 1.82) is 0 Å². The third kappa shape index (κ3) is 1.89. The molecule has 1 aliphatic rings. The van der Waals surface area contributed by atoms with Crippen molar-refractivity contribution in [2.75, 3.05) is 18.9 Å². The van der Waals surface area contributed by atoms with Crippen molar-refractivity contribution in [2.45, 2.75) is 12.5 Å². The van der Waals surface area contributed by atoms with Crippen LogP contribution >= 0.6 is 0 Å². The maximum atomic E-state index is 9.99. The van der Waals surface area contributed by atoms with Crippen LogP contribution < -0.4 is 5.73 Å². The molecule has 0 bridgehead atoms. The van der Waals surface area contributed by atoms with Crippen LogP contribution in [0.15, 0.2) is 24.3 Å². The normalized spacial score (nSPS) is 23.6. The van der Waals surface area contributed by atoms with E-state index in [1.807, 2.05) is 24.3 Å². The molecule has 0 aliphatic carbocycles. The van der Waals surface area contributed by atoms with E-state index in [4.69, 9.17) is 10.5 Å². The molecule has 14 heavy (non-hydrogen) atoms. The lowest BCUT2D eigenvalue weighted by Crippen LogP contribution is -2.12. The number of rotatable bonds is 2. The molecule has 0 aromatic heterocycles. The van der Waals surface area contributed by atoms with E-state index in [1.54, 1.807) is 0 Å². The minimum absolute atomic E-state index is 0.235. The van der Waals surface area contributed by atoms with Gasteiger partial charge in [0.1, 0.15) is 0 Å². The Kier molecular flexibility index (Phi) is 2.70. The fourth-order valence-corrected chi connectivity index (χ4v) is 1.77. The molecule has 0 amide bonds. The molecule has 3 heteroatoms. The Balaban J connectivity index is 2.09. The van der Waals surface area contributed by atoms with Gasteiger partial charge in [-0.05, 0) is 24.1 Å². The number of nitrogens with two attached hydrogens (primary N) is 1. The third-order valence-electron chi connectivity index (χ3n) is 2.69. The molecular weight excluding hydrogens is 178 g/mol. The van der Waals surface area contributed by atoms with Crippen LogP contribution in [0.25, 0.3) is 0 Å². The van der Waals surface area contributed by atoms with Crippen molar-refractivity contribution in [3.05, 3.63) is 29.8 Å². The van der Waals surface area contributed by atoms with Gasteiger partial charge in [0.15, 0.2) is 0 Å². The summed E-state index contributed by atoms with van der Waals surface area (Å²) in [5.74, 6) is 0.235. The number of aliphatic hydroxyl groups excluding tert-OH is 1. The van der Waals surface area contributed by atoms with Crippen molar-refractivity contribution >= 4 is 5.69 Å². The molecule has 3 N–H and O–H groups in total.